The Hall–Kier alpha value is -1.69. The number of pyridine rings is 1. The smallest absolute Gasteiger partial charge is 0.290 e. The normalized spacial score (nSPS) is 21.5. The third-order valence-corrected chi connectivity index (χ3v) is 4.37. The van der Waals surface area contributed by atoms with Gasteiger partial charge in [-0.2, -0.15) is 0 Å². The molecule has 1 N–H and O–H groups in total. The number of hydrogen-bond donors (Lipinski definition) is 1. The van der Waals surface area contributed by atoms with Crippen molar-refractivity contribution >= 4 is 11.5 Å². The Bertz CT molecular complexity index is 524. The Kier molecular flexibility index (Phi) is 4.05. The number of aryl methyl sites for hydroxylation is 1. The molecule has 0 radical (unpaired) electrons. The quantitative estimate of drug-likeness (QED) is 0.643. The van der Waals surface area contributed by atoms with Gasteiger partial charge in [0.15, 0.2) is 0 Å². The van der Waals surface area contributed by atoms with Gasteiger partial charge in [0.2, 0.25) is 0 Å². The maximum absolute atomic E-state index is 10.9. The van der Waals surface area contributed by atoms with Gasteiger partial charge in [0.05, 0.1) is 4.92 Å². The average molecular weight is 290 g/mol. The molecule has 2 fully saturated rings. The molecule has 1 unspecified atom stereocenters. The van der Waals surface area contributed by atoms with Crippen molar-refractivity contribution in [2.75, 3.05) is 24.5 Å². The molecule has 6 heteroatoms. The van der Waals surface area contributed by atoms with Gasteiger partial charge in [0.1, 0.15) is 12.0 Å². The molecule has 1 aromatic heterocycles. The van der Waals surface area contributed by atoms with E-state index in [9.17, 15) is 10.1 Å². The molecule has 1 saturated heterocycles. The average Bonchev–Trinajstić information content (AvgIpc) is 3.11. The van der Waals surface area contributed by atoms with Gasteiger partial charge in [-0.3, -0.25) is 10.1 Å². The van der Waals surface area contributed by atoms with Crippen LogP contribution in [0.2, 0.25) is 0 Å². The van der Waals surface area contributed by atoms with Crippen LogP contribution < -0.4 is 10.2 Å². The zero-order valence-corrected chi connectivity index (χ0v) is 12.4. The second kappa shape index (κ2) is 5.97. The van der Waals surface area contributed by atoms with E-state index in [2.05, 4.69) is 15.2 Å². The van der Waals surface area contributed by atoms with Gasteiger partial charge < -0.3 is 10.2 Å². The highest BCUT2D eigenvalue weighted by atomic mass is 16.6. The molecule has 3 rings (SSSR count). The number of hydrogen-bond acceptors (Lipinski definition) is 5. The SMILES string of the molecule is Cc1cc(N(CC2CC2)CC2CCCN2)ncc1[N+](=O)[O-]. The van der Waals surface area contributed by atoms with Crippen LogP contribution in [0.1, 0.15) is 31.2 Å². The Morgan fingerprint density at radius 3 is 2.81 bits per heavy atom. The van der Waals surface area contributed by atoms with Crippen LogP contribution in [-0.4, -0.2) is 35.6 Å². The highest BCUT2D eigenvalue weighted by molar-refractivity contribution is 5.49. The zero-order valence-electron chi connectivity index (χ0n) is 12.4. The van der Waals surface area contributed by atoms with Crippen molar-refractivity contribution in [1.82, 2.24) is 10.3 Å². The van der Waals surface area contributed by atoms with Gasteiger partial charge in [-0.1, -0.05) is 0 Å². The topological polar surface area (TPSA) is 71.3 Å². The largest absolute Gasteiger partial charge is 0.355 e. The highest BCUT2D eigenvalue weighted by Gasteiger charge is 2.27. The Balaban J connectivity index is 1.77. The lowest BCUT2D eigenvalue weighted by Crippen LogP contribution is -2.39. The summed E-state index contributed by atoms with van der Waals surface area (Å²) in [5.74, 6) is 1.64. The van der Waals surface area contributed by atoms with E-state index >= 15 is 0 Å². The molecule has 1 saturated carbocycles. The number of nitrogens with zero attached hydrogens (tertiary/aromatic N) is 3. The lowest BCUT2D eigenvalue weighted by atomic mass is 10.2. The molecule has 1 aromatic rings. The lowest BCUT2D eigenvalue weighted by Gasteiger charge is -2.27. The molecule has 1 aliphatic carbocycles. The number of nitro groups is 1. The number of rotatable bonds is 6. The molecule has 1 atom stereocenters. The highest BCUT2D eigenvalue weighted by Crippen LogP contribution is 2.32. The standard InChI is InChI=1S/C15H22N4O2/c1-11-7-15(17-8-14(11)19(20)21)18(9-12-4-5-12)10-13-3-2-6-16-13/h7-8,12-13,16H,2-6,9-10H2,1H3. The Labute approximate surface area is 124 Å². The molecule has 0 spiro atoms. The van der Waals surface area contributed by atoms with Crippen LogP contribution in [0.5, 0.6) is 0 Å². The van der Waals surface area contributed by atoms with E-state index in [1.807, 2.05) is 6.07 Å². The van der Waals surface area contributed by atoms with Crippen molar-refractivity contribution in [3.8, 4) is 0 Å². The minimum Gasteiger partial charge on any atom is -0.355 e. The maximum Gasteiger partial charge on any atom is 0.290 e. The number of nitrogens with one attached hydrogen (secondary N) is 1. The summed E-state index contributed by atoms with van der Waals surface area (Å²) in [6.45, 7) is 4.84. The minimum absolute atomic E-state index is 0.101. The van der Waals surface area contributed by atoms with Crippen LogP contribution in [0.25, 0.3) is 0 Å². The van der Waals surface area contributed by atoms with E-state index in [-0.39, 0.29) is 10.6 Å². The van der Waals surface area contributed by atoms with Crippen molar-refractivity contribution < 1.29 is 4.92 Å². The van der Waals surface area contributed by atoms with Crippen molar-refractivity contribution in [3.05, 3.63) is 27.9 Å². The first-order valence-electron chi connectivity index (χ1n) is 7.73. The molecule has 0 bridgehead atoms. The van der Waals surface area contributed by atoms with Gasteiger partial charge in [-0.25, -0.2) is 4.98 Å². The van der Waals surface area contributed by atoms with Crippen LogP contribution in [0.3, 0.4) is 0 Å². The fourth-order valence-electron chi connectivity index (χ4n) is 2.95. The third-order valence-electron chi connectivity index (χ3n) is 4.37. The Morgan fingerprint density at radius 2 is 2.24 bits per heavy atom. The van der Waals surface area contributed by atoms with Crippen LogP contribution in [-0.2, 0) is 0 Å². The van der Waals surface area contributed by atoms with E-state index in [0.29, 0.717) is 11.6 Å². The van der Waals surface area contributed by atoms with Gasteiger partial charge in [0.25, 0.3) is 5.69 Å². The maximum atomic E-state index is 10.9. The molecule has 0 amide bonds. The van der Waals surface area contributed by atoms with Gasteiger partial charge in [0, 0.05) is 24.7 Å². The summed E-state index contributed by atoms with van der Waals surface area (Å²) in [6, 6.07) is 2.37. The predicted octanol–water partition coefficient (Wildman–Crippen LogP) is 2.27. The van der Waals surface area contributed by atoms with Gasteiger partial charge in [-0.05, 0) is 51.1 Å². The summed E-state index contributed by atoms with van der Waals surface area (Å²) in [5, 5.41) is 14.4. The summed E-state index contributed by atoms with van der Waals surface area (Å²) in [6.07, 6.45) is 6.41. The molecule has 21 heavy (non-hydrogen) atoms. The first-order chi connectivity index (χ1) is 10.1. The zero-order chi connectivity index (χ0) is 14.8. The van der Waals surface area contributed by atoms with Crippen molar-refractivity contribution in [2.45, 2.75) is 38.6 Å². The molecular formula is C15H22N4O2. The minimum atomic E-state index is -0.365. The van der Waals surface area contributed by atoms with E-state index in [1.165, 1.54) is 31.9 Å². The summed E-state index contributed by atoms with van der Waals surface area (Å²) in [7, 11) is 0. The first-order valence-corrected chi connectivity index (χ1v) is 7.73. The Morgan fingerprint density at radius 1 is 1.43 bits per heavy atom. The molecule has 2 aliphatic rings. The summed E-state index contributed by atoms with van der Waals surface area (Å²) in [4.78, 5) is 17.2. The third kappa shape index (κ3) is 3.50. The van der Waals surface area contributed by atoms with Crippen LogP contribution in [0.4, 0.5) is 11.5 Å². The van der Waals surface area contributed by atoms with Crippen molar-refractivity contribution in [2.24, 2.45) is 5.92 Å². The van der Waals surface area contributed by atoms with E-state index in [4.69, 9.17) is 0 Å². The molecule has 2 heterocycles. The van der Waals surface area contributed by atoms with Crippen LogP contribution in [0.15, 0.2) is 12.3 Å². The number of anilines is 1. The molecular weight excluding hydrogens is 268 g/mol. The van der Waals surface area contributed by atoms with E-state index in [1.54, 1.807) is 6.92 Å². The lowest BCUT2D eigenvalue weighted by molar-refractivity contribution is -0.385. The van der Waals surface area contributed by atoms with Crippen LogP contribution >= 0.6 is 0 Å². The van der Waals surface area contributed by atoms with E-state index < -0.39 is 0 Å². The predicted molar refractivity (Wildman–Crippen MR) is 81.6 cm³/mol. The summed E-state index contributed by atoms with van der Waals surface area (Å²) >= 11 is 0. The molecule has 0 aromatic carbocycles. The fourth-order valence-corrected chi connectivity index (χ4v) is 2.95. The van der Waals surface area contributed by atoms with Crippen LogP contribution in [0, 0.1) is 23.0 Å². The second-order valence-electron chi connectivity index (χ2n) is 6.23. The van der Waals surface area contributed by atoms with Crippen molar-refractivity contribution in [1.29, 1.82) is 0 Å². The van der Waals surface area contributed by atoms with Gasteiger partial charge >= 0.3 is 0 Å². The van der Waals surface area contributed by atoms with E-state index in [0.717, 1.165) is 31.4 Å². The molecule has 114 valence electrons. The first kappa shape index (κ1) is 14.3. The monoisotopic (exact) mass is 290 g/mol. The molecule has 1 aliphatic heterocycles. The summed E-state index contributed by atoms with van der Waals surface area (Å²) in [5.41, 5.74) is 0.786. The van der Waals surface area contributed by atoms with Crippen molar-refractivity contribution in [3.63, 3.8) is 0 Å². The summed E-state index contributed by atoms with van der Waals surface area (Å²) < 4.78 is 0. The number of aromatic nitrogens is 1. The van der Waals surface area contributed by atoms with Gasteiger partial charge in [-0.15, -0.1) is 0 Å². The molecule has 6 nitrogen and oxygen atoms in total. The fraction of sp³-hybridized carbons (Fsp3) is 0.667. The second-order valence-corrected chi connectivity index (χ2v) is 6.23.